The SMILES string of the molecule is CC1(C)CC(=O)C2=C(C1)Nc1ccccc1N(C(=O)Cc1ccccc1)[C@@H]2c1ccc(-c2cccc([N+](=O)[O-])c2)o1. The van der Waals surface area contributed by atoms with Crippen LogP contribution in [0.4, 0.5) is 17.1 Å². The van der Waals surface area contributed by atoms with Crippen LogP contribution in [0.3, 0.4) is 0 Å². The van der Waals surface area contributed by atoms with Crippen molar-refractivity contribution in [2.24, 2.45) is 5.41 Å². The fourth-order valence-corrected chi connectivity index (χ4v) is 5.81. The van der Waals surface area contributed by atoms with Gasteiger partial charge in [-0.2, -0.15) is 0 Å². The summed E-state index contributed by atoms with van der Waals surface area (Å²) < 4.78 is 6.36. The van der Waals surface area contributed by atoms with Gasteiger partial charge in [-0.05, 0) is 41.7 Å². The quantitative estimate of drug-likeness (QED) is 0.209. The number of carbonyl (C=O) groups excluding carboxylic acids is 2. The molecule has 8 heteroatoms. The number of anilines is 2. The van der Waals surface area contributed by atoms with Gasteiger partial charge in [-0.15, -0.1) is 0 Å². The van der Waals surface area contributed by atoms with Crippen molar-refractivity contribution in [3.05, 3.63) is 124 Å². The number of amides is 1. The number of nitrogens with one attached hydrogen (secondary N) is 1. The molecule has 2 heterocycles. The zero-order valence-corrected chi connectivity index (χ0v) is 22.8. The molecule has 1 atom stereocenters. The van der Waals surface area contributed by atoms with E-state index in [1.54, 1.807) is 29.2 Å². The van der Waals surface area contributed by atoms with E-state index in [4.69, 9.17) is 4.42 Å². The Morgan fingerprint density at radius 3 is 2.54 bits per heavy atom. The van der Waals surface area contributed by atoms with Crippen LogP contribution in [0.2, 0.25) is 0 Å². The molecule has 4 aromatic rings. The highest BCUT2D eigenvalue weighted by Gasteiger charge is 2.44. The number of carbonyl (C=O) groups is 2. The fourth-order valence-electron chi connectivity index (χ4n) is 5.81. The lowest BCUT2D eigenvalue weighted by Crippen LogP contribution is -2.40. The van der Waals surface area contributed by atoms with Gasteiger partial charge in [-0.3, -0.25) is 24.6 Å². The van der Waals surface area contributed by atoms with Crippen LogP contribution >= 0.6 is 0 Å². The maximum absolute atomic E-state index is 14.2. The number of benzene rings is 3. The minimum atomic E-state index is -0.826. The Labute approximate surface area is 237 Å². The molecule has 0 radical (unpaired) electrons. The maximum Gasteiger partial charge on any atom is 0.270 e. The van der Waals surface area contributed by atoms with Crippen molar-refractivity contribution >= 4 is 28.8 Å². The van der Waals surface area contributed by atoms with Crippen LogP contribution in [0.25, 0.3) is 11.3 Å². The highest BCUT2D eigenvalue weighted by Crippen LogP contribution is 2.49. The van der Waals surface area contributed by atoms with E-state index >= 15 is 0 Å². The Kier molecular flexibility index (Phi) is 6.53. The molecule has 1 aliphatic carbocycles. The van der Waals surface area contributed by atoms with E-state index in [1.165, 1.54) is 12.1 Å². The van der Waals surface area contributed by atoms with E-state index in [9.17, 15) is 19.7 Å². The number of Topliss-reactive ketones (excluding diaryl/α,β-unsaturated/α-hetero) is 1. The van der Waals surface area contributed by atoms with E-state index in [0.717, 1.165) is 16.9 Å². The predicted octanol–water partition coefficient (Wildman–Crippen LogP) is 7.24. The third kappa shape index (κ3) is 5.04. The third-order valence-electron chi connectivity index (χ3n) is 7.61. The van der Waals surface area contributed by atoms with E-state index in [2.05, 4.69) is 19.2 Å². The van der Waals surface area contributed by atoms with Crippen LogP contribution < -0.4 is 10.2 Å². The van der Waals surface area contributed by atoms with Gasteiger partial charge < -0.3 is 9.73 Å². The average molecular weight is 548 g/mol. The van der Waals surface area contributed by atoms with E-state index in [1.807, 2.05) is 54.6 Å². The fraction of sp³-hybridized carbons (Fsp3) is 0.212. The zero-order chi connectivity index (χ0) is 28.7. The van der Waals surface area contributed by atoms with E-state index < -0.39 is 11.0 Å². The minimum absolute atomic E-state index is 0.0487. The Balaban J connectivity index is 1.53. The van der Waals surface area contributed by atoms with Gasteiger partial charge in [0.05, 0.1) is 22.7 Å². The summed E-state index contributed by atoms with van der Waals surface area (Å²) in [5.41, 5.74) is 3.73. The van der Waals surface area contributed by atoms with Crippen molar-refractivity contribution in [2.45, 2.75) is 39.2 Å². The summed E-state index contributed by atoms with van der Waals surface area (Å²) in [6.45, 7) is 4.13. The normalized spacial score (nSPS) is 17.8. The van der Waals surface area contributed by atoms with E-state index in [-0.39, 0.29) is 29.2 Å². The molecule has 1 N–H and O–H groups in total. The number of fused-ring (bicyclic) bond motifs is 1. The monoisotopic (exact) mass is 547 g/mol. The molecule has 0 bridgehead atoms. The van der Waals surface area contributed by atoms with E-state index in [0.29, 0.717) is 41.2 Å². The smallest absolute Gasteiger partial charge is 0.270 e. The lowest BCUT2D eigenvalue weighted by molar-refractivity contribution is -0.384. The molecule has 0 unspecified atom stereocenters. The second-order valence-corrected chi connectivity index (χ2v) is 11.3. The highest BCUT2D eigenvalue weighted by molar-refractivity contribution is 6.06. The van der Waals surface area contributed by atoms with Crippen LogP contribution in [-0.4, -0.2) is 16.6 Å². The van der Waals surface area contributed by atoms with Crippen LogP contribution in [0.5, 0.6) is 0 Å². The van der Waals surface area contributed by atoms with Crippen molar-refractivity contribution in [2.75, 3.05) is 10.2 Å². The molecule has 0 saturated heterocycles. The molecule has 0 spiro atoms. The summed E-state index contributed by atoms with van der Waals surface area (Å²) in [5, 5.41) is 14.9. The van der Waals surface area contributed by atoms with Crippen LogP contribution in [0, 0.1) is 15.5 Å². The summed E-state index contributed by atoms with van der Waals surface area (Å²) in [6.07, 6.45) is 1.09. The molecule has 206 valence electrons. The molecule has 0 saturated carbocycles. The first-order valence-corrected chi connectivity index (χ1v) is 13.5. The molecule has 1 aromatic heterocycles. The number of non-ortho nitro benzene ring substituents is 1. The number of allylic oxidation sites excluding steroid dienone is 1. The number of nitro groups is 1. The molecule has 41 heavy (non-hydrogen) atoms. The maximum atomic E-state index is 14.2. The molecule has 1 aliphatic heterocycles. The highest BCUT2D eigenvalue weighted by atomic mass is 16.6. The van der Waals surface area contributed by atoms with Crippen LogP contribution in [0.15, 0.2) is 107 Å². The van der Waals surface area contributed by atoms with Gasteiger partial charge >= 0.3 is 0 Å². The van der Waals surface area contributed by atoms with Crippen LogP contribution in [0.1, 0.15) is 44.1 Å². The largest absolute Gasteiger partial charge is 0.458 e. The number of nitrogens with zero attached hydrogens (tertiary/aromatic N) is 2. The van der Waals surface area contributed by atoms with Gasteiger partial charge in [-0.25, -0.2) is 0 Å². The molecule has 6 rings (SSSR count). The topological polar surface area (TPSA) is 106 Å². The van der Waals surface area contributed by atoms with Gasteiger partial charge in [0.2, 0.25) is 5.91 Å². The van der Waals surface area contributed by atoms with Crippen LogP contribution in [-0.2, 0) is 16.0 Å². The predicted molar refractivity (Wildman–Crippen MR) is 156 cm³/mol. The first kappa shape index (κ1) is 26.3. The van der Waals surface area contributed by atoms with Crippen molar-refractivity contribution in [3.63, 3.8) is 0 Å². The Hall–Kier alpha value is -4.98. The van der Waals surface area contributed by atoms with Crippen molar-refractivity contribution in [1.82, 2.24) is 0 Å². The number of hydrogen-bond acceptors (Lipinski definition) is 6. The number of nitro benzene ring substituents is 1. The summed E-state index contributed by atoms with van der Waals surface area (Å²) in [6, 6.07) is 25.9. The molecular weight excluding hydrogens is 518 g/mol. The second kappa shape index (κ2) is 10.2. The summed E-state index contributed by atoms with van der Waals surface area (Å²) in [4.78, 5) is 40.7. The molecular formula is C33H29N3O5. The van der Waals surface area contributed by atoms with Crippen molar-refractivity contribution < 1.29 is 18.9 Å². The lowest BCUT2D eigenvalue weighted by atomic mass is 9.74. The van der Waals surface area contributed by atoms with Gasteiger partial charge in [0.25, 0.3) is 5.69 Å². The Bertz CT molecular complexity index is 1700. The molecule has 3 aromatic carbocycles. The minimum Gasteiger partial charge on any atom is -0.458 e. The average Bonchev–Trinajstić information content (AvgIpc) is 3.37. The summed E-state index contributed by atoms with van der Waals surface area (Å²) >= 11 is 0. The molecule has 2 aliphatic rings. The number of para-hydroxylation sites is 2. The number of rotatable bonds is 5. The number of ketones is 1. The molecule has 1 amide bonds. The summed E-state index contributed by atoms with van der Waals surface area (Å²) in [5.74, 6) is 0.588. The first-order chi connectivity index (χ1) is 19.7. The third-order valence-corrected chi connectivity index (χ3v) is 7.61. The molecule has 8 nitrogen and oxygen atoms in total. The van der Waals surface area contributed by atoms with Crippen molar-refractivity contribution in [1.29, 1.82) is 0 Å². The van der Waals surface area contributed by atoms with Gasteiger partial charge in [-0.1, -0.05) is 68.4 Å². The van der Waals surface area contributed by atoms with Gasteiger partial charge in [0.15, 0.2) is 5.78 Å². The summed E-state index contributed by atoms with van der Waals surface area (Å²) in [7, 11) is 0. The lowest BCUT2D eigenvalue weighted by Gasteiger charge is -2.36. The number of hydrogen-bond donors (Lipinski definition) is 1. The molecule has 0 fully saturated rings. The number of furan rings is 1. The zero-order valence-electron chi connectivity index (χ0n) is 22.8. The Morgan fingerprint density at radius 2 is 1.76 bits per heavy atom. The standard InChI is InChI=1S/C33H29N3O5/c1-33(2)19-25-31(27(37)20-33)32(29-16-15-28(41-29)22-11-8-12-23(18-22)36(39)40)35(26-14-7-6-13-24(26)34-25)30(38)17-21-9-4-3-5-10-21/h3-16,18,32,34H,17,19-20H2,1-2H3/t32-/m1/s1. The van der Waals surface area contributed by atoms with Crippen molar-refractivity contribution in [3.8, 4) is 11.3 Å². The Morgan fingerprint density at radius 1 is 1.00 bits per heavy atom. The van der Waals surface area contributed by atoms with Gasteiger partial charge in [0, 0.05) is 35.4 Å². The second-order valence-electron chi connectivity index (χ2n) is 11.3. The first-order valence-electron chi connectivity index (χ1n) is 13.5. The van der Waals surface area contributed by atoms with Gasteiger partial charge in [0.1, 0.15) is 17.6 Å².